The van der Waals surface area contributed by atoms with Crippen molar-refractivity contribution in [1.29, 1.82) is 0 Å². The second-order valence-corrected chi connectivity index (χ2v) is 6.79. The zero-order valence-corrected chi connectivity index (χ0v) is 14.1. The first kappa shape index (κ1) is 14.0. The Labute approximate surface area is 138 Å². The molecule has 3 aromatic rings. The van der Waals surface area contributed by atoms with E-state index in [9.17, 15) is 4.79 Å². The first-order valence-electron chi connectivity index (χ1n) is 6.00. The molecule has 0 atom stereocenters. The van der Waals surface area contributed by atoms with Crippen LogP contribution in [0, 0.1) is 3.57 Å². The van der Waals surface area contributed by atoms with Gasteiger partial charge in [0, 0.05) is 16.0 Å². The molecule has 0 amide bonds. The minimum atomic E-state index is -0.0300. The number of halogens is 2. The molecule has 0 bridgehead atoms. The summed E-state index contributed by atoms with van der Waals surface area (Å²) in [5, 5.41) is 2.62. The second kappa shape index (κ2) is 5.83. The summed E-state index contributed by atoms with van der Waals surface area (Å²) in [6.45, 7) is 0.460. The third-order valence-electron chi connectivity index (χ3n) is 2.97. The van der Waals surface area contributed by atoms with Crippen molar-refractivity contribution in [1.82, 2.24) is 9.55 Å². The Morgan fingerprint density at radius 3 is 2.90 bits per heavy atom. The Kier molecular flexibility index (Phi) is 4.09. The number of aromatic nitrogens is 2. The predicted octanol–water partition coefficient (Wildman–Crippen LogP) is 3.97. The summed E-state index contributed by atoms with van der Waals surface area (Å²) in [6.07, 6.45) is 0. The van der Waals surface area contributed by atoms with E-state index in [1.165, 1.54) is 0 Å². The van der Waals surface area contributed by atoms with Crippen LogP contribution in [0.5, 0.6) is 0 Å². The van der Waals surface area contributed by atoms with Crippen molar-refractivity contribution in [2.75, 3.05) is 5.88 Å². The molecule has 0 N–H and O–H groups in total. The molecular formula is C14H10ClIN2OS. The quantitative estimate of drug-likeness (QED) is 0.478. The van der Waals surface area contributed by atoms with Crippen molar-refractivity contribution < 1.29 is 0 Å². The molecule has 3 nitrogen and oxygen atoms in total. The average Bonchev–Trinajstić information content (AvgIpc) is 2.96. The smallest absolute Gasteiger partial charge is 0.261 e. The lowest BCUT2D eigenvalue weighted by molar-refractivity contribution is 0.734. The summed E-state index contributed by atoms with van der Waals surface area (Å²) >= 11 is 9.60. The van der Waals surface area contributed by atoms with Gasteiger partial charge in [0.05, 0.1) is 15.8 Å². The fraction of sp³-hybridized carbons (Fsp3) is 0.143. The van der Waals surface area contributed by atoms with Gasteiger partial charge < -0.3 is 0 Å². The van der Waals surface area contributed by atoms with E-state index in [-0.39, 0.29) is 5.56 Å². The molecule has 0 aliphatic heterocycles. The summed E-state index contributed by atoms with van der Waals surface area (Å²) in [5.41, 5.74) is 0.696. The molecule has 0 saturated heterocycles. The van der Waals surface area contributed by atoms with Crippen LogP contribution >= 0.6 is 45.5 Å². The van der Waals surface area contributed by atoms with Gasteiger partial charge in [-0.15, -0.1) is 22.9 Å². The highest BCUT2D eigenvalue weighted by molar-refractivity contribution is 14.1. The van der Waals surface area contributed by atoms with E-state index < -0.39 is 0 Å². The van der Waals surface area contributed by atoms with Crippen LogP contribution in [-0.2, 0) is 6.54 Å². The third kappa shape index (κ3) is 2.49. The van der Waals surface area contributed by atoms with Gasteiger partial charge in [0.1, 0.15) is 0 Å². The molecule has 0 fully saturated rings. The molecule has 2 heterocycles. The molecule has 1 aromatic carbocycles. The first-order chi connectivity index (χ1) is 9.70. The maximum atomic E-state index is 12.7. The first-order valence-corrected chi connectivity index (χ1v) is 8.50. The van der Waals surface area contributed by atoms with Gasteiger partial charge in [-0.3, -0.25) is 9.36 Å². The van der Waals surface area contributed by atoms with Gasteiger partial charge >= 0.3 is 0 Å². The van der Waals surface area contributed by atoms with E-state index in [1.54, 1.807) is 15.9 Å². The number of hydrogen-bond donors (Lipinski definition) is 0. The molecule has 0 aliphatic rings. The molecule has 20 heavy (non-hydrogen) atoms. The number of benzene rings is 1. The molecule has 0 saturated carbocycles. The monoisotopic (exact) mass is 416 g/mol. The van der Waals surface area contributed by atoms with Crippen LogP contribution in [0.1, 0.15) is 0 Å². The Hall–Kier alpha value is -0.920. The molecule has 2 aromatic heterocycles. The normalized spacial score (nSPS) is 11.1. The molecule has 0 spiro atoms. The lowest BCUT2D eigenvalue weighted by Crippen LogP contribution is -2.24. The fourth-order valence-corrected chi connectivity index (χ4v) is 3.46. The van der Waals surface area contributed by atoms with Gasteiger partial charge in [0.25, 0.3) is 5.56 Å². The van der Waals surface area contributed by atoms with E-state index in [2.05, 4.69) is 27.6 Å². The van der Waals surface area contributed by atoms with Crippen molar-refractivity contribution in [2.24, 2.45) is 0 Å². The molecule has 0 aliphatic carbocycles. The molecule has 0 unspecified atom stereocenters. The number of fused-ring (bicyclic) bond motifs is 1. The molecule has 6 heteroatoms. The number of rotatable bonds is 3. The number of hydrogen-bond acceptors (Lipinski definition) is 3. The summed E-state index contributed by atoms with van der Waals surface area (Å²) in [7, 11) is 0. The van der Waals surface area contributed by atoms with Crippen LogP contribution in [-0.4, -0.2) is 15.4 Å². The van der Waals surface area contributed by atoms with Crippen LogP contribution in [0.15, 0.2) is 40.5 Å². The topological polar surface area (TPSA) is 34.9 Å². The zero-order valence-electron chi connectivity index (χ0n) is 10.3. The van der Waals surface area contributed by atoms with Crippen LogP contribution in [0.4, 0.5) is 0 Å². The summed E-state index contributed by atoms with van der Waals surface area (Å²) in [6, 6.07) is 9.64. The lowest BCUT2D eigenvalue weighted by atomic mass is 10.2. The van der Waals surface area contributed by atoms with Crippen molar-refractivity contribution >= 4 is 56.4 Å². The maximum Gasteiger partial charge on any atom is 0.261 e. The van der Waals surface area contributed by atoms with Gasteiger partial charge in [-0.25, -0.2) is 4.98 Å². The predicted molar refractivity (Wildman–Crippen MR) is 92.8 cm³/mol. The molecular weight excluding hydrogens is 407 g/mol. The number of thiophene rings is 1. The van der Waals surface area contributed by atoms with E-state index in [0.717, 1.165) is 14.0 Å². The highest BCUT2D eigenvalue weighted by Crippen LogP contribution is 2.24. The summed E-state index contributed by atoms with van der Waals surface area (Å²) in [4.78, 5) is 18.3. The zero-order chi connectivity index (χ0) is 14.1. The van der Waals surface area contributed by atoms with E-state index in [0.29, 0.717) is 23.6 Å². The second-order valence-electron chi connectivity index (χ2n) is 4.22. The van der Waals surface area contributed by atoms with Crippen molar-refractivity contribution in [3.8, 4) is 10.7 Å². The van der Waals surface area contributed by atoms with Gasteiger partial charge in [-0.1, -0.05) is 6.07 Å². The van der Waals surface area contributed by atoms with Crippen LogP contribution in [0.2, 0.25) is 0 Å². The highest BCUT2D eigenvalue weighted by Gasteiger charge is 2.13. The number of nitrogens with zero attached hydrogens (tertiary/aromatic N) is 2. The van der Waals surface area contributed by atoms with Crippen LogP contribution in [0.25, 0.3) is 21.6 Å². The van der Waals surface area contributed by atoms with Gasteiger partial charge in [0.15, 0.2) is 5.82 Å². The molecule has 3 rings (SSSR count). The highest BCUT2D eigenvalue weighted by atomic mass is 127. The van der Waals surface area contributed by atoms with Gasteiger partial charge in [-0.2, -0.15) is 0 Å². The van der Waals surface area contributed by atoms with Crippen LogP contribution in [0.3, 0.4) is 0 Å². The van der Waals surface area contributed by atoms with Crippen molar-refractivity contribution in [2.45, 2.75) is 6.54 Å². The van der Waals surface area contributed by atoms with Crippen molar-refractivity contribution in [3.63, 3.8) is 0 Å². The Morgan fingerprint density at radius 2 is 2.20 bits per heavy atom. The number of alkyl halides is 1. The minimum absolute atomic E-state index is 0.0300. The van der Waals surface area contributed by atoms with E-state index in [4.69, 9.17) is 11.6 Å². The van der Waals surface area contributed by atoms with Gasteiger partial charge in [-0.05, 0) is 52.2 Å². The minimum Gasteiger partial charge on any atom is -0.290 e. The molecule has 102 valence electrons. The maximum absolute atomic E-state index is 12.7. The fourth-order valence-electron chi connectivity index (χ4n) is 2.08. The van der Waals surface area contributed by atoms with Gasteiger partial charge in [0.2, 0.25) is 0 Å². The summed E-state index contributed by atoms with van der Waals surface area (Å²) < 4.78 is 2.69. The largest absolute Gasteiger partial charge is 0.290 e. The third-order valence-corrected chi connectivity index (χ3v) is 4.67. The molecule has 0 radical (unpaired) electrons. The Bertz CT molecular complexity index is 814. The SMILES string of the molecule is O=c1c2cc(I)ccc2nc(-c2cccs2)n1CCCl. The van der Waals surface area contributed by atoms with Crippen molar-refractivity contribution in [3.05, 3.63) is 49.6 Å². The standard InChI is InChI=1S/C14H10ClIN2OS/c15-5-6-18-13(12-2-1-7-20-12)17-11-4-3-9(16)8-10(11)14(18)19/h1-4,7-8H,5-6H2. The van der Waals surface area contributed by atoms with E-state index >= 15 is 0 Å². The van der Waals surface area contributed by atoms with E-state index in [1.807, 2.05) is 35.7 Å². The van der Waals surface area contributed by atoms with Crippen LogP contribution < -0.4 is 5.56 Å². The summed E-state index contributed by atoms with van der Waals surface area (Å²) in [5.74, 6) is 1.08. The average molecular weight is 417 g/mol. The lowest BCUT2D eigenvalue weighted by Gasteiger charge is -2.11. The Balaban J connectivity index is 2.36. The Morgan fingerprint density at radius 1 is 1.35 bits per heavy atom.